The molecule has 0 saturated heterocycles. The second-order valence-electron chi connectivity index (χ2n) is 7.69. The highest BCUT2D eigenvalue weighted by atomic mass is 32.2. The number of esters is 2. The summed E-state index contributed by atoms with van der Waals surface area (Å²) in [5.41, 5.74) is 1.38. The molecule has 172 valence electrons. The predicted molar refractivity (Wildman–Crippen MR) is 118 cm³/mol. The van der Waals surface area contributed by atoms with Gasteiger partial charge in [-0.05, 0) is 47.2 Å². The predicted octanol–water partition coefficient (Wildman–Crippen LogP) is 2.24. The lowest BCUT2D eigenvalue weighted by molar-refractivity contribution is 0.0585. The van der Waals surface area contributed by atoms with Crippen molar-refractivity contribution in [2.24, 2.45) is 0 Å². The van der Waals surface area contributed by atoms with Crippen LogP contribution in [0.4, 0.5) is 0 Å². The van der Waals surface area contributed by atoms with Crippen LogP contribution in [0.2, 0.25) is 0 Å². The van der Waals surface area contributed by atoms with Crippen molar-refractivity contribution >= 4 is 31.6 Å². The van der Waals surface area contributed by atoms with E-state index < -0.39 is 43.1 Å². The van der Waals surface area contributed by atoms with E-state index in [1.165, 1.54) is 12.1 Å². The first-order valence-corrected chi connectivity index (χ1v) is 13.5. The molecule has 0 N–H and O–H groups in total. The molecular formula is C22H24O8S2. The molecule has 0 aliphatic carbocycles. The van der Waals surface area contributed by atoms with Crippen molar-refractivity contribution in [3.8, 4) is 0 Å². The summed E-state index contributed by atoms with van der Waals surface area (Å²) in [6.07, 6.45) is 0.859. The molecule has 2 aromatic carbocycles. The van der Waals surface area contributed by atoms with Crippen LogP contribution in [-0.2, 0) is 52.8 Å². The van der Waals surface area contributed by atoms with Gasteiger partial charge >= 0.3 is 11.9 Å². The lowest BCUT2D eigenvalue weighted by atomic mass is 10.00. The average Bonchev–Trinajstić information content (AvgIpc) is 2.73. The summed E-state index contributed by atoms with van der Waals surface area (Å²) in [7, 11) is -5.09. The third kappa shape index (κ3) is 5.74. The Kier molecular flexibility index (Phi) is 7.04. The molecule has 4 heterocycles. The standard InChI is InChI=1S/C22H24O8S2/c1-29-21(23)19-11-18-14-32(27,28)12-16-7-5-15(6-8-16)4-3-9-31(25,26)13-17(19)10-20(18)22(24)30-2/h5-8,10-11H,3-4,9,12-14H2,1-2H3. The minimum absolute atomic E-state index is 0.0436. The molecule has 0 fully saturated rings. The maximum absolute atomic E-state index is 12.9. The fourth-order valence-electron chi connectivity index (χ4n) is 3.68. The largest absolute Gasteiger partial charge is 0.465 e. The Labute approximate surface area is 187 Å². The molecule has 6 rings (SSSR count). The van der Waals surface area contributed by atoms with Crippen LogP contribution in [0, 0.1) is 0 Å². The van der Waals surface area contributed by atoms with Gasteiger partial charge in [0.1, 0.15) is 0 Å². The van der Waals surface area contributed by atoms with Gasteiger partial charge in [-0.3, -0.25) is 0 Å². The zero-order valence-electron chi connectivity index (χ0n) is 17.8. The number of carbonyl (C=O) groups is 2. The molecule has 0 aromatic heterocycles. The Hall–Kier alpha value is -2.72. The van der Waals surface area contributed by atoms with Crippen LogP contribution >= 0.6 is 0 Å². The highest BCUT2D eigenvalue weighted by Gasteiger charge is 2.26. The van der Waals surface area contributed by atoms with E-state index in [0.29, 0.717) is 18.4 Å². The number of sulfone groups is 2. The summed E-state index contributed by atoms with van der Waals surface area (Å²) in [6, 6.07) is 9.39. The number of aryl methyl sites for hydroxylation is 1. The average molecular weight is 481 g/mol. The van der Waals surface area contributed by atoms with Crippen molar-refractivity contribution in [3.63, 3.8) is 0 Å². The fourth-order valence-corrected chi connectivity index (χ4v) is 6.63. The first kappa shape index (κ1) is 23.9. The molecule has 10 heteroatoms. The van der Waals surface area contributed by atoms with Crippen LogP contribution in [0.25, 0.3) is 0 Å². The highest BCUT2D eigenvalue weighted by Crippen LogP contribution is 2.25. The lowest BCUT2D eigenvalue weighted by Gasteiger charge is -2.16. The number of hydrogen-bond donors (Lipinski definition) is 0. The normalized spacial score (nSPS) is 17.6. The number of rotatable bonds is 2. The van der Waals surface area contributed by atoms with Crippen molar-refractivity contribution < 1.29 is 35.9 Å². The van der Waals surface area contributed by atoms with E-state index in [0.717, 1.165) is 19.8 Å². The molecular weight excluding hydrogens is 456 g/mol. The maximum atomic E-state index is 12.9. The van der Waals surface area contributed by atoms with Gasteiger partial charge in [-0.25, -0.2) is 26.4 Å². The number of carbonyl (C=O) groups excluding carboxylic acids is 2. The third-order valence-electron chi connectivity index (χ3n) is 5.22. The van der Waals surface area contributed by atoms with E-state index in [2.05, 4.69) is 0 Å². The van der Waals surface area contributed by atoms with Gasteiger partial charge in [-0.1, -0.05) is 24.3 Å². The van der Waals surface area contributed by atoms with Gasteiger partial charge < -0.3 is 9.47 Å². The summed E-state index contributed by atoms with van der Waals surface area (Å²) < 4.78 is 60.9. The van der Waals surface area contributed by atoms with Crippen LogP contribution in [0.15, 0.2) is 36.4 Å². The first-order chi connectivity index (χ1) is 15.0. The quantitative estimate of drug-likeness (QED) is 0.600. The van der Waals surface area contributed by atoms with Gasteiger partial charge in [0.05, 0.1) is 48.4 Å². The molecule has 0 unspecified atom stereocenters. The van der Waals surface area contributed by atoms with Crippen LogP contribution in [0.1, 0.15) is 49.4 Å². The van der Waals surface area contributed by atoms with E-state index in [-0.39, 0.29) is 33.8 Å². The Morgan fingerprint density at radius 3 is 1.69 bits per heavy atom. The highest BCUT2D eigenvalue weighted by molar-refractivity contribution is 7.90. The van der Waals surface area contributed by atoms with Crippen molar-refractivity contribution in [1.82, 2.24) is 0 Å². The molecule has 8 nitrogen and oxygen atoms in total. The number of benzene rings is 2. The fraction of sp³-hybridized carbons (Fsp3) is 0.364. The van der Waals surface area contributed by atoms with Crippen LogP contribution in [0.5, 0.6) is 0 Å². The van der Waals surface area contributed by atoms with Gasteiger partial charge in [-0.15, -0.1) is 0 Å². The zero-order valence-corrected chi connectivity index (χ0v) is 19.4. The minimum Gasteiger partial charge on any atom is -0.465 e. The topological polar surface area (TPSA) is 121 Å². The SMILES string of the molecule is COC(=O)c1cc2c(C(=O)OC)cc1CS(=O)(=O)CCCc1ccc(cc1)CS(=O)(=O)C2. The van der Waals surface area contributed by atoms with Crippen LogP contribution in [0.3, 0.4) is 0 Å². The minimum atomic E-state index is -3.73. The third-order valence-corrected chi connectivity index (χ3v) is 8.41. The van der Waals surface area contributed by atoms with Gasteiger partial charge in [0.25, 0.3) is 0 Å². The lowest BCUT2D eigenvalue weighted by Crippen LogP contribution is -2.18. The molecule has 4 aliphatic rings. The molecule has 0 atom stereocenters. The van der Waals surface area contributed by atoms with E-state index in [9.17, 15) is 26.4 Å². The van der Waals surface area contributed by atoms with Gasteiger partial charge in [0.15, 0.2) is 19.7 Å². The molecule has 2 aromatic rings. The first-order valence-electron chi connectivity index (χ1n) is 9.84. The molecule has 0 spiro atoms. The summed E-state index contributed by atoms with van der Waals surface area (Å²) in [4.78, 5) is 24.8. The van der Waals surface area contributed by atoms with Gasteiger partial charge in [-0.2, -0.15) is 0 Å². The summed E-state index contributed by atoms with van der Waals surface area (Å²) >= 11 is 0. The maximum Gasteiger partial charge on any atom is 0.338 e. The van der Waals surface area contributed by atoms with Crippen LogP contribution < -0.4 is 0 Å². The molecule has 0 saturated carbocycles. The smallest absolute Gasteiger partial charge is 0.338 e. The molecule has 32 heavy (non-hydrogen) atoms. The summed E-state index contributed by atoms with van der Waals surface area (Å²) in [5, 5.41) is 0. The van der Waals surface area contributed by atoms with E-state index >= 15 is 0 Å². The zero-order chi connectivity index (χ0) is 23.5. The summed E-state index contributed by atoms with van der Waals surface area (Å²) in [5.74, 6) is -3.03. The summed E-state index contributed by atoms with van der Waals surface area (Å²) in [6.45, 7) is 0. The Bertz CT molecular complexity index is 1240. The van der Waals surface area contributed by atoms with Gasteiger partial charge in [0, 0.05) is 0 Å². The molecule has 0 radical (unpaired) electrons. The number of ether oxygens (including phenoxy) is 2. The number of hydrogen-bond acceptors (Lipinski definition) is 8. The van der Waals surface area contributed by atoms with Crippen molar-refractivity contribution in [2.75, 3.05) is 20.0 Å². The van der Waals surface area contributed by atoms with E-state index in [1.54, 1.807) is 24.3 Å². The number of methoxy groups -OCH3 is 2. The van der Waals surface area contributed by atoms with Crippen molar-refractivity contribution in [2.45, 2.75) is 30.1 Å². The monoisotopic (exact) mass is 480 g/mol. The Morgan fingerprint density at radius 1 is 0.719 bits per heavy atom. The molecule has 0 amide bonds. The van der Waals surface area contributed by atoms with E-state index in [1.807, 2.05) is 0 Å². The van der Waals surface area contributed by atoms with E-state index in [4.69, 9.17) is 9.47 Å². The van der Waals surface area contributed by atoms with Crippen molar-refractivity contribution in [1.29, 1.82) is 0 Å². The Morgan fingerprint density at radius 2 is 1.19 bits per heavy atom. The second-order valence-corrected chi connectivity index (χ2v) is 11.9. The second kappa shape index (κ2) is 9.41. The van der Waals surface area contributed by atoms with Crippen molar-refractivity contribution in [3.05, 3.63) is 69.8 Å². The van der Waals surface area contributed by atoms with Crippen LogP contribution in [-0.4, -0.2) is 48.7 Å². The molecule has 4 aliphatic heterocycles. The Balaban J connectivity index is 2.22. The molecule has 4 bridgehead atoms. The van der Waals surface area contributed by atoms with Gasteiger partial charge in [0.2, 0.25) is 0 Å².